The van der Waals surface area contributed by atoms with Gasteiger partial charge in [0, 0.05) is 37.3 Å². The predicted octanol–water partition coefficient (Wildman–Crippen LogP) is 2.96. The maximum Gasteiger partial charge on any atom is 0.248 e. The Balaban J connectivity index is 1.41. The minimum Gasteiger partial charge on any atom is -0.366 e. The SMILES string of the molecule is CS(=O)(=O)N(CCN1[C@@H]2CC[C@H]1C[C@@H](c1cccc(C(N)=O)c1)C2)Cc1ccccc1. The molecular weight excluding hydrogens is 410 g/mol. The molecule has 3 atom stereocenters. The highest BCUT2D eigenvalue weighted by Gasteiger charge is 2.41. The van der Waals surface area contributed by atoms with E-state index in [1.165, 1.54) is 11.8 Å². The number of amides is 1. The summed E-state index contributed by atoms with van der Waals surface area (Å²) in [6, 6.07) is 18.4. The van der Waals surface area contributed by atoms with E-state index in [0.29, 0.717) is 36.7 Å². The van der Waals surface area contributed by atoms with E-state index >= 15 is 0 Å². The van der Waals surface area contributed by atoms with Gasteiger partial charge in [0.05, 0.1) is 6.26 Å². The van der Waals surface area contributed by atoms with Crippen LogP contribution in [-0.4, -0.2) is 55.0 Å². The molecule has 2 fully saturated rings. The van der Waals surface area contributed by atoms with Crippen LogP contribution in [0.2, 0.25) is 0 Å². The second kappa shape index (κ2) is 9.10. The monoisotopic (exact) mass is 441 g/mol. The third-order valence-electron chi connectivity index (χ3n) is 6.81. The Morgan fingerprint density at radius 3 is 2.35 bits per heavy atom. The lowest BCUT2D eigenvalue weighted by atomic mass is 9.84. The summed E-state index contributed by atoms with van der Waals surface area (Å²) >= 11 is 0. The van der Waals surface area contributed by atoms with Crippen LogP contribution in [0.4, 0.5) is 0 Å². The van der Waals surface area contributed by atoms with E-state index < -0.39 is 10.0 Å². The largest absolute Gasteiger partial charge is 0.366 e. The fourth-order valence-corrected chi connectivity index (χ4v) is 6.03. The molecule has 0 aromatic heterocycles. The highest BCUT2D eigenvalue weighted by atomic mass is 32.2. The zero-order valence-corrected chi connectivity index (χ0v) is 18.8. The molecule has 2 saturated heterocycles. The van der Waals surface area contributed by atoms with Crippen molar-refractivity contribution in [2.24, 2.45) is 5.73 Å². The first-order chi connectivity index (χ1) is 14.8. The minimum atomic E-state index is -3.28. The number of hydrogen-bond acceptors (Lipinski definition) is 4. The van der Waals surface area contributed by atoms with Crippen LogP contribution in [-0.2, 0) is 16.6 Å². The van der Waals surface area contributed by atoms with Crippen LogP contribution < -0.4 is 5.73 Å². The van der Waals surface area contributed by atoms with Crippen LogP contribution in [0.3, 0.4) is 0 Å². The van der Waals surface area contributed by atoms with Gasteiger partial charge in [0.25, 0.3) is 0 Å². The van der Waals surface area contributed by atoms with Gasteiger partial charge in [0.1, 0.15) is 0 Å². The van der Waals surface area contributed by atoms with Crippen LogP contribution in [0.5, 0.6) is 0 Å². The minimum absolute atomic E-state index is 0.387. The highest BCUT2D eigenvalue weighted by molar-refractivity contribution is 7.88. The van der Waals surface area contributed by atoms with Crippen molar-refractivity contribution in [3.8, 4) is 0 Å². The third kappa shape index (κ3) is 5.17. The van der Waals surface area contributed by atoms with Gasteiger partial charge in [-0.15, -0.1) is 0 Å². The normalized spacial score (nSPS) is 23.9. The zero-order valence-electron chi connectivity index (χ0n) is 18.0. The molecule has 2 aliphatic heterocycles. The van der Waals surface area contributed by atoms with E-state index in [0.717, 1.165) is 37.8 Å². The molecule has 0 spiro atoms. The number of nitrogens with two attached hydrogens (primary N) is 1. The Morgan fingerprint density at radius 1 is 1.06 bits per heavy atom. The van der Waals surface area contributed by atoms with Gasteiger partial charge < -0.3 is 5.73 Å². The molecule has 2 heterocycles. The van der Waals surface area contributed by atoms with Gasteiger partial charge in [0.2, 0.25) is 15.9 Å². The fourth-order valence-electron chi connectivity index (χ4n) is 5.23. The summed E-state index contributed by atoms with van der Waals surface area (Å²) in [5.74, 6) is 0.0323. The third-order valence-corrected chi connectivity index (χ3v) is 8.05. The standard InChI is InChI=1S/C24H31N3O3S/c1-31(29,30)26(17-18-6-3-2-4-7-18)12-13-27-22-10-11-23(27)16-21(15-22)19-8-5-9-20(14-19)24(25)28/h2-9,14,21-23H,10-13,15-17H2,1H3,(H2,25,28)/t21-,22+,23-. The lowest BCUT2D eigenvalue weighted by Crippen LogP contribution is -2.46. The number of rotatable bonds is 8. The molecule has 2 aliphatic rings. The summed E-state index contributed by atoms with van der Waals surface area (Å²) in [6.07, 6.45) is 5.66. The topological polar surface area (TPSA) is 83.7 Å². The van der Waals surface area contributed by atoms with E-state index in [1.807, 2.05) is 42.5 Å². The quantitative estimate of drug-likeness (QED) is 0.683. The molecule has 0 radical (unpaired) electrons. The lowest BCUT2D eigenvalue weighted by molar-refractivity contribution is 0.1000. The average molecular weight is 442 g/mol. The molecule has 0 aliphatic carbocycles. The summed E-state index contributed by atoms with van der Waals surface area (Å²) in [4.78, 5) is 14.1. The Bertz CT molecular complexity index is 1010. The van der Waals surface area contributed by atoms with Gasteiger partial charge in [-0.2, -0.15) is 4.31 Å². The van der Waals surface area contributed by atoms with Crippen molar-refractivity contribution in [2.75, 3.05) is 19.3 Å². The van der Waals surface area contributed by atoms with Gasteiger partial charge in [-0.3, -0.25) is 9.69 Å². The van der Waals surface area contributed by atoms with Crippen molar-refractivity contribution in [2.45, 2.75) is 50.2 Å². The number of benzene rings is 2. The van der Waals surface area contributed by atoms with Gasteiger partial charge in [-0.05, 0) is 54.9 Å². The Hall–Kier alpha value is -2.22. The number of piperidine rings is 1. The van der Waals surface area contributed by atoms with Gasteiger partial charge in [-0.25, -0.2) is 8.42 Å². The molecule has 2 aromatic rings. The molecule has 6 nitrogen and oxygen atoms in total. The number of carbonyl (C=O) groups excluding carboxylic acids is 1. The number of hydrogen-bond donors (Lipinski definition) is 1. The number of primary amides is 1. The molecular formula is C24H31N3O3S. The van der Waals surface area contributed by atoms with Gasteiger partial charge in [-0.1, -0.05) is 42.5 Å². The lowest BCUT2D eigenvalue weighted by Gasteiger charge is -2.40. The van der Waals surface area contributed by atoms with Crippen molar-refractivity contribution in [1.29, 1.82) is 0 Å². The molecule has 0 saturated carbocycles. The second-order valence-electron chi connectivity index (χ2n) is 8.86. The zero-order chi connectivity index (χ0) is 22.0. The first-order valence-corrected chi connectivity index (χ1v) is 12.8. The maximum atomic E-state index is 12.4. The average Bonchev–Trinajstić information content (AvgIpc) is 2.98. The van der Waals surface area contributed by atoms with Crippen molar-refractivity contribution < 1.29 is 13.2 Å². The Kier molecular flexibility index (Phi) is 6.46. The number of sulfonamides is 1. The van der Waals surface area contributed by atoms with E-state index in [2.05, 4.69) is 11.0 Å². The van der Waals surface area contributed by atoms with Crippen LogP contribution in [0.25, 0.3) is 0 Å². The molecule has 0 unspecified atom stereocenters. The molecule has 1 amide bonds. The summed E-state index contributed by atoms with van der Waals surface area (Å²) < 4.78 is 26.3. The second-order valence-corrected chi connectivity index (χ2v) is 10.8. The van der Waals surface area contributed by atoms with Crippen molar-refractivity contribution in [1.82, 2.24) is 9.21 Å². The van der Waals surface area contributed by atoms with Crippen molar-refractivity contribution in [3.05, 3.63) is 71.3 Å². The smallest absolute Gasteiger partial charge is 0.248 e. The van der Waals surface area contributed by atoms with Crippen molar-refractivity contribution in [3.63, 3.8) is 0 Å². The van der Waals surface area contributed by atoms with Crippen molar-refractivity contribution >= 4 is 15.9 Å². The Morgan fingerprint density at radius 2 is 1.74 bits per heavy atom. The first kappa shape index (κ1) is 22.0. The van der Waals surface area contributed by atoms with Crippen LogP contribution in [0, 0.1) is 0 Å². The number of fused-ring (bicyclic) bond motifs is 2. The summed E-state index contributed by atoms with van der Waals surface area (Å²) in [7, 11) is -3.28. The molecule has 166 valence electrons. The molecule has 7 heteroatoms. The molecule has 2 bridgehead atoms. The van der Waals surface area contributed by atoms with Crippen LogP contribution in [0.1, 0.15) is 53.1 Å². The van der Waals surface area contributed by atoms with Gasteiger partial charge >= 0.3 is 0 Å². The highest BCUT2D eigenvalue weighted by Crippen LogP contribution is 2.43. The Labute approximate surface area is 185 Å². The fraction of sp³-hybridized carbons (Fsp3) is 0.458. The first-order valence-electron chi connectivity index (χ1n) is 11.0. The summed E-state index contributed by atoms with van der Waals surface area (Å²) in [5.41, 5.74) is 8.22. The molecule has 4 rings (SSSR count). The molecule has 2 aromatic carbocycles. The van der Waals surface area contributed by atoms with E-state index in [-0.39, 0.29) is 5.91 Å². The molecule has 31 heavy (non-hydrogen) atoms. The number of carbonyl (C=O) groups is 1. The summed E-state index contributed by atoms with van der Waals surface area (Å²) in [6.45, 7) is 1.66. The number of nitrogens with zero attached hydrogens (tertiary/aromatic N) is 2. The van der Waals surface area contributed by atoms with E-state index in [1.54, 1.807) is 10.4 Å². The van der Waals surface area contributed by atoms with Crippen LogP contribution >= 0.6 is 0 Å². The molecule has 2 N–H and O–H groups in total. The predicted molar refractivity (Wildman–Crippen MR) is 122 cm³/mol. The summed E-state index contributed by atoms with van der Waals surface area (Å²) in [5, 5.41) is 0. The van der Waals surface area contributed by atoms with Gasteiger partial charge in [0.15, 0.2) is 0 Å². The maximum absolute atomic E-state index is 12.4. The van der Waals surface area contributed by atoms with E-state index in [9.17, 15) is 13.2 Å². The van der Waals surface area contributed by atoms with E-state index in [4.69, 9.17) is 5.73 Å². The van der Waals surface area contributed by atoms with Crippen LogP contribution in [0.15, 0.2) is 54.6 Å².